The van der Waals surface area contributed by atoms with Gasteiger partial charge in [0.15, 0.2) is 15.2 Å². The molecular formula is C9H13ClN2O5S. The number of carbonyl (C=O) groups excluding carboxylic acids is 1. The maximum atomic E-state index is 11.3. The second-order valence-electron chi connectivity index (χ2n) is 3.51. The molecule has 0 fully saturated rings. The van der Waals surface area contributed by atoms with Gasteiger partial charge in [0.05, 0.1) is 26.9 Å². The van der Waals surface area contributed by atoms with Gasteiger partial charge in [0.25, 0.3) is 0 Å². The van der Waals surface area contributed by atoms with Gasteiger partial charge in [-0.05, 0) is 0 Å². The van der Waals surface area contributed by atoms with Crippen LogP contribution in [0, 0.1) is 0 Å². The third-order valence-corrected chi connectivity index (χ3v) is 3.57. The first-order valence-corrected chi connectivity index (χ1v) is 6.06. The largest absolute Gasteiger partial charge is 0.465 e. The fourth-order valence-corrected chi connectivity index (χ4v) is 2.29. The van der Waals surface area contributed by atoms with Gasteiger partial charge in [-0.1, -0.05) is 22.9 Å². The van der Waals surface area contributed by atoms with E-state index in [2.05, 4.69) is 15.0 Å². The number of hydrogen-bond donors (Lipinski definition) is 4. The van der Waals surface area contributed by atoms with Gasteiger partial charge in [-0.2, -0.15) is 0 Å². The van der Waals surface area contributed by atoms with E-state index in [1.54, 1.807) is 0 Å². The van der Waals surface area contributed by atoms with E-state index in [-0.39, 0.29) is 15.2 Å². The number of nitrogens with zero attached hydrogens (tertiary/aromatic N) is 1. The summed E-state index contributed by atoms with van der Waals surface area (Å²) in [5, 5.41) is 30.2. The van der Waals surface area contributed by atoms with Gasteiger partial charge in [0.1, 0.15) is 5.54 Å². The molecule has 1 heterocycles. The van der Waals surface area contributed by atoms with Crippen LogP contribution in [0.1, 0.15) is 9.67 Å². The lowest BCUT2D eigenvalue weighted by atomic mass is 10.0. The van der Waals surface area contributed by atoms with Crippen molar-refractivity contribution in [1.82, 2.24) is 4.98 Å². The summed E-state index contributed by atoms with van der Waals surface area (Å²) in [4.78, 5) is 15.3. The SMILES string of the molecule is COC(=O)c1sc(NC(CO)(CO)CO)nc1Cl. The van der Waals surface area contributed by atoms with Crippen molar-refractivity contribution in [2.75, 3.05) is 32.2 Å². The number of nitrogens with one attached hydrogen (secondary N) is 1. The van der Waals surface area contributed by atoms with Crippen molar-refractivity contribution in [3.63, 3.8) is 0 Å². The Balaban J connectivity index is 2.95. The summed E-state index contributed by atoms with van der Waals surface area (Å²) in [6, 6.07) is 0. The summed E-state index contributed by atoms with van der Waals surface area (Å²) >= 11 is 6.65. The molecule has 0 bridgehead atoms. The molecule has 0 aliphatic rings. The summed E-state index contributed by atoms with van der Waals surface area (Å²) in [7, 11) is 1.21. The average Bonchev–Trinajstić information content (AvgIpc) is 2.76. The van der Waals surface area contributed by atoms with Crippen LogP contribution in [0.3, 0.4) is 0 Å². The number of halogens is 1. The number of carbonyl (C=O) groups is 1. The minimum absolute atomic E-state index is 0.0444. The molecule has 7 nitrogen and oxygen atoms in total. The summed E-state index contributed by atoms with van der Waals surface area (Å²) < 4.78 is 4.51. The van der Waals surface area contributed by atoms with Crippen LogP contribution in [0.5, 0.6) is 0 Å². The zero-order chi connectivity index (χ0) is 13.8. The van der Waals surface area contributed by atoms with Crippen LogP contribution in [0.2, 0.25) is 5.15 Å². The van der Waals surface area contributed by atoms with Crippen LogP contribution in [0.4, 0.5) is 5.13 Å². The highest BCUT2D eigenvalue weighted by Gasteiger charge is 2.30. The summed E-state index contributed by atoms with van der Waals surface area (Å²) in [5.41, 5.74) is -1.32. The fraction of sp³-hybridized carbons (Fsp3) is 0.556. The molecule has 0 amide bonds. The first-order chi connectivity index (χ1) is 8.51. The van der Waals surface area contributed by atoms with Gasteiger partial charge in [-0.15, -0.1) is 0 Å². The first-order valence-electron chi connectivity index (χ1n) is 4.87. The Morgan fingerprint density at radius 2 is 2.00 bits per heavy atom. The Bertz CT molecular complexity index is 413. The average molecular weight is 297 g/mol. The molecule has 0 saturated heterocycles. The van der Waals surface area contributed by atoms with Crippen LogP contribution >= 0.6 is 22.9 Å². The number of aliphatic hydroxyl groups excluding tert-OH is 3. The maximum absolute atomic E-state index is 11.3. The fourth-order valence-electron chi connectivity index (χ4n) is 1.07. The number of ether oxygens (including phenoxy) is 1. The first kappa shape index (κ1) is 15.1. The minimum atomic E-state index is -1.32. The third-order valence-electron chi connectivity index (χ3n) is 2.24. The molecule has 0 unspecified atom stereocenters. The number of hydrogen-bond acceptors (Lipinski definition) is 8. The highest BCUT2D eigenvalue weighted by atomic mass is 35.5. The van der Waals surface area contributed by atoms with Crippen molar-refractivity contribution < 1.29 is 24.9 Å². The Labute approximate surface area is 112 Å². The Kier molecular flexibility index (Phi) is 5.29. The second kappa shape index (κ2) is 6.30. The second-order valence-corrected chi connectivity index (χ2v) is 4.87. The lowest BCUT2D eigenvalue weighted by molar-refractivity contribution is 0.0606. The van der Waals surface area contributed by atoms with Crippen LogP contribution in [-0.2, 0) is 4.74 Å². The van der Waals surface area contributed by atoms with E-state index < -0.39 is 31.3 Å². The zero-order valence-electron chi connectivity index (χ0n) is 9.51. The standard InChI is InChI=1S/C9H13ClN2O5S/c1-17-7(16)5-6(10)11-8(18-5)12-9(2-13,3-14)4-15/h13-15H,2-4H2,1H3,(H,11,12). The molecule has 0 aliphatic heterocycles. The van der Waals surface area contributed by atoms with E-state index >= 15 is 0 Å². The molecule has 0 aliphatic carbocycles. The quantitative estimate of drug-likeness (QED) is 0.534. The van der Waals surface area contributed by atoms with Gasteiger partial charge < -0.3 is 25.4 Å². The van der Waals surface area contributed by atoms with E-state index in [9.17, 15) is 4.79 Å². The predicted molar refractivity (Wildman–Crippen MR) is 66.1 cm³/mol. The highest BCUT2D eigenvalue weighted by Crippen LogP contribution is 2.29. The third kappa shape index (κ3) is 3.09. The van der Waals surface area contributed by atoms with E-state index in [1.165, 1.54) is 7.11 Å². The van der Waals surface area contributed by atoms with Gasteiger partial charge in [0.2, 0.25) is 0 Å². The van der Waals surface area contributed by atoms with Crippen LogP contribution in [0.25, 0.3) is 0 Å². The van der Waals surface area contributed by atoms with E-state index in [0.717, 1.165) is 11.3 Å². The molecule has 18 heavy (non-hydrogen) atoms. The van der Waals surface area contributed by atoms with Crippen molar-refractivity contribution in [3.05, 3.63) is 10.0 Å². The Morgan fingerprint density at radius 3 is 2.44 bits per heavy atom. The van der Waals surface area contributed by atoms with Crippen molar-refractivity contribution in [2.45, 2.75) is 5.54 Å². The van der Waals surface area contributed by atoms with Crippen molar-refractivity contribution in [3.8, 4) is 0 Å². The summed E-state index contributed by atoms with van der Waals surface area (Å²) in [6.45, 7) is -1.53. The monoisotopic (exact) mass is 296 g/mol. The highest BCUT2D eigenvalue weighted by molar-refractivity contribution is 7.18. The summed E-state index contributed by atoms with van der Waals surface area (Å²) in [5.74, 6) is -0.631. The van der Waals surface area contributed by atoms with Gasteiger partial charge in [-0.3, -0.25) is 0 Å². The van der Waals surface area contributed by atoms with Gasteiger partial charge in [-0.25, -0.2) is 9.78 Å². The molecule has 0 aromatic carbocycles. The number of methoxy groups -OCH3 is 1. The molecule has 4 N–H and O–H groups in total. The van der Waals surface area contributed by atoms with Crippen molar-refractivity contribution in [2.24, 2.45) is 0 Å². The van der Waals surface area contributed by atoms with Crippen LogP contribution < -0.4 is 5.32 Å². The van der Waals surface area contributed by atoms with E-state index in [1.807, 2.05) is 0 Å². The molecule has 1 aromatic heterocycles. The number of esters is 1. The molecule has 0 saturated carbocycles. The molecule has 0 radical (unpaired) electrons. The topological polar surface area (TPSA) is 112 Å². The molecule has 102 valence electrons. The molecule has 1 aromatic rings. The Hall–Kier alpha value is -0.930. The van der Waals surface area contributed by atoms with Gasteiger partial charge >= 0.3 is 5.97 Å². The van der Waals surface area contributed by atoms with Crippen LogP contribution in [0.15, 0.2) is 0 Å². The normalized spacial score (nSPS) is 11.4. The number of aliphatic hydroxyl groups is 3. The number of anilines is 1. The minimum Gasteiger partial charge on any atom is -0.465 e. The molecule has 1 rings (SSSR count). The number of aromatic nitrogens is 1. The zero-order valence-corrected chi connectivity index (χ0v) is 11.1. The van der Waals surface area contributed by atoms with Crippen molar-refractivity contribution >= 4 is 34.0 Å². The molecule has 0 spiro atoms. The Morgan fingerprint density at radius 1 is 1.44 bits per heavy atom. The smallest absolute Gasteiger partial charge is 0.351 e. The van der Waals surface area contributed by atoms with E-state index in [0.29, 0.717) is 0 Å². The van der Waals surface area contributed by atoms with E-state index in [4.69, 9.17) is 26.9 Å². The van der Waals surface area contributed by atoms with Gasteiger partial charge in [0, 0.05) is 0 Å². The number of thiazole rings is 1. The lowest BCUT2D eigenvalue weighted by Crippen LogP contribution is -2.49. The van der Waals surface area contributed by atoms with Crippen molar-refractivity contribution in [1.29, 1.82) is 0 Å². The lowest BCUT2D eigenvalue weighted by Gasteiger charge is -2.28. The molecular weight excluding hydrogens is 284 g/mol. The number of rotatable bonds is 6. The predicted octanol–water partition coefficient (Wildman–Crippen LogP) is -0.289. The van der Waals surface area contributed by atoms with Crippen LogP contribution in [-0.4, -0.2) is 58.7 Å². The summed E-state index contributed by atoms with van der Waals surface area (Å²) in [6.07, 6.45) is 0. The maximum Gasteiger partial charge on any atom is 0.351 e. The molecule has 0 atom stereocenters. The molecule has 9 heteroatoms.